The maximum atomic E-state index is 13.1. The molecule has 0 unspecified atom stereocenters. The highest BCUT2D eigenvalue weighted by Crippen LogP contribution is 2.24. The van der Waals surface area contributed by atoms with Crippen molar-refractivity contribution in [1.29, 1.82) is 0 Å². The Bertz CT molecular complexity index is 1210. The van der Waals surface area contributed by atoms with Crippen LogP contribution in [0.5, 0.6) is 0 Å². The molecule has 3 heterocycles. The monoisotopic (exact) mass is 418 g/mol. The number of hydrogen-bond donors (Lipinski definition) is 0. The summed E-state index contributed by atoms with van der Waals surface area (Å²) in [7, 11) is 1.72. The summed E-state index contributed by atoms with van der Waals surface area (Å²) < 4.78 is 34.0. The van der Waals surface area contributed by atoms with Crippen molar-refractivity contribution in [3.63, 3.8) is 0 Å². The zero-order valence-corrected chi connectivity index (χ0v) is 17.3. The van der Waals surface area contributed by atoms with E-state index in [1.165, 1.54) is 27.1 Å². The molecule has 1 aromatic carbocycles. The number of fused-ring (bicyclic) bond motifs is 1. The fourth-order valence-corrected chi connectivity index (χ4v) is 4.76. The average Bonchev–Trinajstić information content (AvgIpc) is 3.01. The Morgan fingerprint density at radius 1 is 1.10 bits per heavy atom. The minimum Gasteiger partial charge on any atom is -0.408 e. The van der Waals surface area contributed by atoms with E-state index < -0.39 is 15.8 Å². The lowest BCUT2D eigenvalue weighted by atomic mass is 10.3. The molecule has 0 radical (unpaired) electrons. The standard InChI is InChI=1S/C18H22N6O4S/c1-21(2)13-10-17(20-19-12-13)23-6-8-24(9-7-23)29(26,27)14-4-5-16-15(11-14)22(3)18(25)28-16/h4-5,10-12H,6-9H2,1-3H3. The van der Waals surface area contributed by atoms with Gasteiger partial charge in [0.15, 0.2) is 11.4 Å². The van der Waals surface area contributed by atoms with Gasteiger partial charge < -0.3 is 14.2 Å². The first kappa shape index (κ1) is 19.4. The maximum Gasteiger partial charge on any atom is 0.419 e. The number of hydrogen-bond acceptors (Lipinski definition) is 8. The highest BCUT2D eigenvalue weighted by molar-refractivity contribution is 7.89. The van der Waals surface area contributed by atoms with Gasteiger partial charge in [-0.3, -0.25) is 4.57 Å². The lowest BCUT2D eigenvalue weighted by Crippen LogP contribution is -2.49. The average molecular weight is 418 g/mol. The molecule has 2 aromatic heterocycles. The van der Waals surface area contributed by atoms with Gasteiger partial charge in [-0.05, 0) is 18.2 Å². The van der Waals surface area contributed by atoms with Crippen molar-refractivity contribution in [2.24, 2.45) is 7.05 Å². The molecule has 10 nitrogen and oxygen atoms in total. The van der Waals surface area contributed by atoms with Gasteiger partial charge in [0.2, 0.25) is 10.0 Å². The third-order valence-electron chi connectivity index (χ3n) is 5.11. The minimum absolute atomic E-state index is 0.143. The van der Waals surface area contributed by atoms with Crippen LogP contribution in [0.1, 0.15) is 0 Å². The van der Waals surface area contributed by atoms with E-state index in [0.717, 1.165) is 11.5 Å². The van der Waals surface area contributed by atoms with Crippen LogP contribution in [0.4, 0.5) is 11.5 Å². The van der Waals surface area contributed by atoms with Crippen LogP contribution in [0.2, 0.25) is 0 Å². The van der Waals surface area contributed by atoms with Crippen molar-refractivity contribution in [2.45, 2.75) is 4.90 Å². The topological polar surface area (TPSA) is 105 Å². The van der Waals surface area contributed by atoms with E-state index in [-0.39, 0.29) is 4.90 Å². The quantitative estimate of drug-likeness (QED) is 0.603. The van der Waals surface area contributed by atoms with E-state index >= 15 is 0 Å². The Hall–Kier alpha value is -2.92. The number of benzene rings is 1. The summed E-state index contributed by atoms with van der Waals surface area (Å²) >= 11 is 0. The normalized spacial score (nSPS) is 15.8. The lowest BCUT2D eigenvalue weighted by molar-refractivity contribution is 0.383. The van der Waals surface area contributed by atoms with E-state index in [1.807, 2.05) is 30.0 Å². The molecule has 0 spiro atoms. The second kappa shape index (κ2) is 7.16. The number of anilines is 2. The number of rotatable bonds is 4. The molecule has 4 rings (SSSR count). The largest absolute Gasteiger partial charge is 0.419 e. The third kappa shape index (κ3) is 3.47. The van der Waals surface area contributed by atoms with E-state index in [1.54, 1.807) is 13.2 Å². The number of nitrogens with zero attached hydrogens (tertiary/aromatic N) is 6. The van der Waals surface area contributed by atoms with Crippen molar-refractivity contribution >= 4 is 32.6 Å². The van der Waals surface area contributed by atoms with Crippen molar-refractivity contribution in [1.82, 2.24) is 19.1 Å². The summed E-state index contributed by atoms with van der Waals surface area (Å²) in [5.74, 6) is 0.201. The van der Waals surface area contributed by atoms with Gasteiger partial charge in [-0.1, -0.05) is 0 Å². The van der Waals surface area contributed by atoms with E-state index in [4.69, 9.17) is 4.42 Å². The summed E-state index contributed by atoms with van der Waals surface area (Å²) in [5, 5.41) is 8.21. The molecule has 1 aliphatic rings. The Morgan fingerprint density at radius 3 is 2.52 bits per heavy atom. The molecular weight excluding hydrogens is 396 g/mol. The van der Waals surface area contributed by atoms with Crippen LogP contribution in [-0.2, 0) is 17.1 Å². The number of sulfonamides is 1. The molecule has 0 bridgehead atoms. The van der Waals surface area contributed by atoms with Crippen LogP contribution in [-0.4, -0.2) is 67.8 Å². The fourth-order valence-electron chi connectivity index (χ4n) is 3.32. The summed E-state index contributed by atoms with van der Waals surface area (Å²) in [6, 6.07) is 6.40. The van der Waals surface area contributed by atoms with Crippen molar-refractivity contribution < 1.29 is 12.8 Å². The second-order valence-electron chi connectivity index (χ2n) is 7.11. The van der Waals surface area contributed by atoms with E-state index in [0.29, 0.717) is 37.3 Å². The van der Waals surface area contributed by atoms with Gasteiger partial charge in [0.05, 0.1) is 22.3 Å². The summed E-state index contributed by atoms with van der Waals surface area (Å²) in [6.45, 7) is 1.69. The fraction of sp³-hybridized carbons (Fsp3) is 0.389. The minimum atomic E-state index is -3.68. The van der Waals surface area contributed by atoms with Crippen molar-refractivity contribution in [2.75, 3.05) is 50.1 Å². The summed E-state index contributed by atoms with van der Waals surface area (Å²) in [6.07, 6.45) is 1.68. The molecule has 1 fully saturated rings. The van der Waals surface area contributed by atoms with Crippen LogP contribution in [0.25, 0.3) is 11.1 Å². The van der Waals surface area contributed by atoms with Crippen LogP contribution >= 0.6 is 0 Å². The molecule has 0 atom stereocenters. The number of aromatic nitrogens is 3. The molecule has 154 valence electrons. The van der Waals surface area contributed by atoms with Gasteiger partial charge >= 0.3 is 5.76 Å². The summed E-state index contributed by atoms with van der Waals surface area (Å²) in [5.41, 5.74) is 1.75. The molecule has 3 aromatic rings. The van der Waals surface area contributed by atoms with Crippen molar-refractivity contribution in [3.05, 3.63) is 41.0 Å². The van der Waals surface area contributed by atoms with Gasteiger partial charge in [0.1, 0.15) is 0 Å². The van der Waals surface area contributed by atoms with E-state index in [9.17, 15) is 13.2 Å². The van der Waals surface area contributed by atoms with Gasteiger partial charge in [0, 0.05) is 53.4 Å². The smallest absolute Gasteiger partial charge is 0.408 e. The molecule has 1 saturated heterocycles. The van der Waals surface area contributed by atoms with Crippen LogP contribution in [0.3, 0.4) is 0 Å². The first-order valence-corrected chi connectivity index (χ1v) is 10.6. The van der Waals surface area contributed by atoms with Gasteiger partial charge in [-0.2, -0.15) is 9.40 Å². The van der Waals surface area contributed by atoms with Crippen molar-refractivity contribution in [3.8, 4) is 0 Å². The molecule has 11 heteroatoms. The number of piperazine rings is 1. The highest BCUT2D eigenvalue weighted by Gasteiger charge is 2.29. The Labute approximate surface area is 168 Å². The zero-order valence-electron chi connectivity index (χ0n) is 16.4. The molecule has 0 N–H and O–H groups in total. The molecule has 0 aliphatic carbocycles. The molecule has 0 amide bonds. The predicted octanol–water partition coefficient (Wildman–Crippen LogP) is 0.498. The first-order chi connectivity index (χ1) is 13.8. The second-order valence-corrected chi connectivity index (χ2v) is 9.05. The predicted molar refractivity (Wildman–Crippen MR) is 109 cm³/mol. The molecular formula is C18H22N6O4S. The third-order valence-corrected chi connectivity index (χ3v) is 7.00. The Balaban J connectivity index is 1.54. The van der Waals surface area contributed by atoms with Crippen LogP contribution in [0.15, 0.2) is 44.6 Å². The Morgan fingerprint density at radius 2 is 1.83 bits per heavy atom. The van der Waals surface area contributed by atoms with Gasteiger partial charge in [-0.25, -0.2) is 13.2 Å². The molecule has 1 aliphatic heterocycles. The van der Waals surface area contributed by atoms with Crippen LogP contribution in [0, 0.1) is 0 Å². The van der Waals surface area contributed by atoms with Gasteiger partial charge in [-0.15, -0.1) is 5.10 Å². The SMILES string of the molecule is CN(C)c1cnnc(N2CCN(S(=O)(=O)c3ccc4oc(=O)n(C)c4c3)CC2)c1. The molecule has 0 saturated carbocycles. The van der Waals surface area contributed by atoms with E-state index in [2.05, 4.69) is 10.2 Å². The highest BCUT2D eigenvalue weighted by atomic mass is 32.2. The first-order valence-electron chi connectivity index (χ1n) is 9.12. The summed E-state index contributed by atoms with van der Waals surface area (Å²) in [4.78, 5) is 15.8. The molecule has 29 heavy (non-hydrogen) atoms. The van der Waals surface area contributed by atoms with Gasteiger partial charge in [0.25, 0.3) is 0 Å². The zero-order chi connectivity index (χ0) is 20.8. The maximum absolute atomic E-state index is 13.1. The Kier molecular flexibility index (Phi) is 4.79. The van der Waals surface area contributed by atoms with Crippen LogP contribution < -0.4 is 15.6 Å². The number of aryl methyl sites for hydroxylation is 1. The lowest BCUT2D eigenvalue weighted by Gasteiger charge is -2.34. The number of oxazole rings is 1.